The number of nitrogens with zero attached hydrogens (tertiary/aromatic N) is 3. The van der Waals surface area contributed by atoms with E-state index in [1.54, 1.807) is 16.8 Å². The molecule has 1 amide bonds. The van der Waals surface area contributed by atoms with Crippen LogP contribution in [0, 0.1) is 0 Å². The molecule has 1 aromatic carbocycles. The van der Waals surface area contributed by atoms with Gasteiger partial charge in [0.05, 0.1) is 5.52 Å². The van der Waals surface area contributed by atoms with Crippen LogP contribution in [0.4, 0.5) is 0 Å². The zero-order chi connectivity index (χ0) is 11.7. The van der Waals surface area contributed by atoms with Crippen LogP contribution in [0.1, 0.15) is 30.2 Å². The summed E-state index contributed by atoms with van der Waals surface area (Å²) in [5.74, 6) is 4.73. The normalized spacial score (nSPS) is 11.0. The lowest BCUT2D eigenvalue weighted by Gasteiger charge is -2.05. The van der Waals surface area contributed by atoms with Crippen LogP contribution in [0.2, 0.25) is 0 Å². The molecule has 2 rings (SSSR count). The van der Waals surface area contributed by atoms with Crippen LogP contribution in [-0.4, -0.2) is 20.9 Å². The average Bonchev–Trinajstić information content (AvgIpc) is 2.70. The monoisotopic (exact) mass is 219 g/mol. The molecule has 0 unspecified atom stereocenters. The molecular formula is C10H13N5O. The Hall–Kier alpha value is -1.95. The highest BCUT2D eigenvalue weighted by molar-refractivity contribution is 5.96. The average molecular weight is 219 g/mol. The summed E-state index contributed by atoms with van der Waals surface area (Å²) in [6.45, 7) is 4.04. The van der Waals surface area contributed by atoms with E-state index in [1.807, 2.05) is 19.9 Å². The number of carbonyl (C=O) groups is 1. The van der Waals surface area contributed by atoms with Crippen molar-refractivity contribution in [2.75, 3.05) is 0 Å². The predicted molar refractivity (Wildman–Crippen MR) is 59.6 cm³/mol. The maximum Gasteiger partial charge on any atom is 0.265 e. The lowest BCUT2D eigenvalue weighted by atomic mass is 10.2. The van der Waals surface area contributed by atoms with Crippen molar-refractivity contribution in [2.24, 2.45) is 5.84 Å². The number of hydrazine groups is 1. The van der Waals surface area contributed by atoms with Crippen LogP contribution in [0.5, 0.6) is 0 Å². The van der Waals surface area contributed by atoms with Gasteiger partial charge in [-0.3, -0.25) is 10.2 Å². The van der Waals surface area contributed by atoms with E-state index < -0.39 is 0 Å². The first-order chi connectivity index (χ1) is 7.63. The molecule has 1 aromatic heterocycles. The minimum absolute atomic E-state index is 0.235. The van der Waals surface area contributed by atoms with Crippen molar-refractivity contribution in [3.05, 3.63) is 23.8 Å². The SMILES string of the molecule is CC(C)n1nnc2cc(C(=O)NN)ccc21. The number of nitrogens with two attached hydrogens (primary N) is 1. The smallest absolute Gasteiger partial charge is 0.265 e. The summed E-state index contributed by atoms with van der Waals surface area (Å²) in [4.78, 5) is 11.3. The van der Waals surface area contributed by atoms with E-state index in [-0.39, 0.29) is 11.9 Å². The molecule has 84 valence electrons. The van der Waals surface area contributed by atoms with Gasteiger partial charge in [-0.15, -0.1) is 5.10 Å². The van der Waals surface area contributed by atoms with Crippen LogP contribution >= 0.6 is 0 Å². The molecule has 2 aromatic rings. The second-order valence-corrected chi connectivity index (χ2v) is 3.80. The molecule has 0 saturated heterocycles. The highest BCUT2D eigenvalue weighted by Crippen LogP contribution is 2.16. The quantitative estimate of drug-likeness (QED) is 0.440. The Bertz CT molecular complexity index is 531. The van der Waals surface area contributed by atoms with E-state index in [1.165, 1.54) is 0 Å². The number of hydrogen-bond acceptors (Lipinski definition) is 4. The predicted octanol–water partition coefficient (Wildman–Crippen LogP) is 0.616. The van der Waals surface area contributed by atoms with E-state index in [2.05, 4.69) is 15.7 Å². The molecule has 0 spiro atoms. The number of nitrogens with one attached hydrogen (secondary N) is 1. The second kappa shape index (κ2) is 3.90. The molecule has 0 aliphatic carbocycles. The topological polar surface area (TPSA) is 85.8 Å². The minimum Gasteiger partial charge on any atom is -0.290 e. The first-order valence-electron chi connectivity index (χ1n) is 4.99. The minimum atomic E-state index is -0.332. The van der Waals surface area contributed by atoms with Gasteiger partial charge in [-0.1, -0.05) is 5.21 Å². The fourth-order valence-electron chi connectivity index (χ4n) is 1.55. The highest BCUT2D eigenvalue weighted by atomic mass is 16.2. The number of fused-ring (bicyclic) bond motifs is 1. The zero-order valence-corrected chi connectivity index (χ0v) is 9.14. The molecule has 0 bridgehead atoms. The van der Waals surface area contributed by atoms with Crippen molar-refractivity contribution < 1.29 is 4.79 Å². The van der Waals surface area contributed by atoms with Crippen LogP contribution in [0.25, 0.3) is 11.0 Å². The van der Waals surface area contributed by atoms with E-state index in [9.17, 15) is 4.79 Å². The fraction of sp³-hybridized carbons (Fsp3) is 0.300. The second-order valence-electron chi connectivity index (χ2n) is 3.80. The third kappa shape index (κ3) is 1.63. The fourth-order valence-corrected chi connectivity index (χ4v) is 1.55. The van der Waals surface area contributed by atoms with E-state index in [4.69, 9.17) is 5.84 Å². The largest absolute Gasteiger partial charge is 0.290 e. The summed E-state index contributed by atoms with van der Waals surface area (Å²) in [5, 5.41) is 8.03. The molecule has 6 heteroatoms. The Morgan fingerprint density at radius 1 is 1.50 bits per heavy atom. The first kappa shape index (κ1) is 10.6. The van der Waals surface area contributed by atoms with Crippen LogP contribution in [0.3, 0.4) is 0 Å². The van der Waals surface area contributed by atoms with Crippen molar-refractivity contribution in [1.29, 1.82) is 0 Å². The number of rotatable bonds is 2. The lowest BCUT2D eigenvalue weighted by molar-refractivity contribution is 0.0954. The summed E-state index contributed by atoms with van der Waals surface area (Å²) in [5.41, 5.74) is 4.15. The van der Waals surface area contributed by atoms with E-state index in [0.29, 0.717) is 11.1 Å². The van der Waals surface area contributed by atoms with Gasteiger partial charge in [0, 0.05) is 11.6 Å². The molecule has 0 saturated carbocycles. The summed E-state index contributed by atoms with van der Waals surface area (Å²) < 4.78 is 1.81. The molecule has 0 aliphatic heterocycles. The third-order valence-electron chi connectivity index (χ3n) is 2.35. The number of carbonyl (C=O) groups excluding carboxylic acids is 1. The van der Waals surface area contributed by atoms with Gasteiger partial charge in [0.25, 0.3) is 5.91 Å². The molecule has 16 heavy (non-hydrogen) atoms. The number of nitrogen functional groups attached to an aromatic ring is 1. The molecule has 0 atom stereocenters. The Morgan fingerprint density at radius 3 is 2.88 bits per heavy atom. The van der Waals surface area contributed by atoms with Crippen molar-refractivity contribution in [1.82, 2.24) is 20.4 Å². The van der Waals surface area contributed by atoms with Gasteiger partial charge in [0.1, 0.15) is 5.52 Å². The van der Waals surface area contributed by atoms with Crippen molar-refractivity contribution in [3.63, 3.8) is 0 Å². The summed E-state index contributed by atoms with van der Waals surface area (Å²) in [6.07, 6.45) is 0. The van der Waals surface area contributed by atoms with Crippen LogP contribution in [0.15, 0.2) is 18.2 Å². The van der Waals surface area contributed by atoms with Gasteiger partial charge >= 0.3 is 0 Å². The Labute approximate surface area is 92.4 Å². The van der Waals surface area contributed by atoms with Gasteiger partial charge in [-0.05, 0) is 32.0 Å². The summed E-state index contributed by atoms with van der Waals surface area (Å²) in [7, 11) is 0. The molecule has 3 N–H and O–H groups in total. The standard InChI is InChI=1S/C10H13N5O/c1-6(2)15-9-4-3-7(10(16)12-11)5-8(9)13-14-15/h3-6H,11H2,1-2H3,(H,12,16). The summed E-state index contributed by atoms with van der Waals surface area (Å²) in [6, 6.07) is 5.43. The van der Waals surface area contributed by atoms with Crippen LogP contribution in [-0.2, 0) is 0 Å². The molecule has 0 aliphatic rings. The van der Waals surface area contributed by atoms with Gasteiger partial charge in [0.2, 0.25) is 0 Å². The summed E-state index contributed by atoms with van der Waals surface area (Å²) >= 11 is 0. The number of hydrogen-bond donors (Lipinski definition) is 2. The Morgan fingerprint density at radius 2 is 2.25 bits per heavy atom. The van der Waals surface area contributed by atoms with Gasteiger partial charge in [-0.2, -0.15) is 0 Å². The Kier molecular flexibility index (Phi) is 2.57. The third-order valence-corrected chi connectivity index (χ3v) is 2.35. The Balaban J connectivity index is 2.53. The number of benzene rings is 1. The van der Waals surface area contributed by atoms with Crippen molar-refractivity contribution in [3.8, 4) is 0 Å². The lowest BCUT2D eigenvalue weighted by Crippen LogP contribution is -2.29. The molecule has 1 heterocycles. The molecule has 0 fully saturated rings. The van der Waals surface area contributed by atoms with Gasteiger partial charge < -0.3 is 0 Å². The maximum absolute atomic E-state index is 11.3. The van der Waals surface area contributed by atoms with E-state index in [0.717, 1.165) is 5.52 Å². The molecular weight excluding hydrogens is 206 g/mol. The zero-order valence-electron chi connectivity index (χ0n) is 9.14. The number of amides is 1. The molecule has 0 radical (unpaired) electrons. The number of aromatic nitrogens is 3. The first-order valence-corrected chi connectivity index (χ1v) is 4.99. The van der Waals surface area contributed by atoms with Crippen LogP contribution < -0.4 is 11.3 Å². The van der Waals surface area contributed by atoms with Crippen molar-refractivity contribution in [2.45, 2.75) is 19.9 Å². The van der Waals surface area contributed by atoms with E-state index >= 15 is 0 Å². The van der Waals surface area contributed by atoms with Crippen molar-refractivity contribution >= 4 is 16.9 Å². The highest BCUT2D eigenvalue weighted by Gasteiger charge is 2.10. The maximum atomic E-state index is 11.3. The molecule has 6 nitrogen and oxygen atoms in total. The van der Waals surface area contributed by atoms with Gasteiger partial charge in [-0.25, -0.2) is 10.5 Å². The van der Waals surface area contributed by atoms with Gasteiger partial charge in [0.15, 0.2) is 0 Å².